The number of benzene rings is 1. The Labute approximate surface area is 485 Å². The maximum absolute atomic E-state index is 15.3. The lowest BCUT2D eigenvalue weighted by atomic mass is 9.86. The van der Waals surface area contributed by atoms with E-state index in [2.05, 4.69) is 81.6 Å². The van der Waals surface area contributed by atoms with Crippen LogP contribution in [-0.4, -0.2) is 161 Å². The second kappa shape index (κ2) is 25.4. The first-order valence-electron chi connectivity index (χ1n) is 26.3. The van der Waals surface area contributed by atoms with Crippen LogP contribution in [0.2, 0.25) is 5.15 Å². The summed E-state index contributed by atoms with van der Waals surface area (Å²) in [6, 6.07) is 12.6. The predicted molar refractivity (Wildman–Crippen MR) is 317 cm³/mol. The number of rotatable bonds is 8. The molecule has 11 rings (SSSR count). The van der Waals surface area contributed by atoms with Crippen molar-refractivity contribution in [1.82, 2.24) is 83.4 Å². The molecule has 0 unspecified atom stereocenters. The van der Waals surface area contributed by atoms with E-state index in [4.69, 9.17) is 33.2 Å². The molecule has 7 aromatic heterocycles. The second-order valence-electron chi connectivity index (χ2n) is 21.5. The van der Waals surface area contributed by atoms with Crippen molar-refractivity contribution in [2.24, 2.45) is 27.0 Å². The van der Waals surface area contributed by atoms with E-state index in [1.165, 1.54) is 49.4 Å². The molecule has 0 spiro atoms. The van der Waals surface area contributed by atoms with Crippen LogP contribution in [0.1, 0.15) is 48.1 Å². The number of nitrogen functional groups attached to an aromatic ring is 1. The molecule has 0 radical (unpaired) electrons. The molecule has 1 aromatic carbocycles. The van der Waals surface area contributed by atoms with Gasteiger partial charge in [0.15, 0.2) is 28.9 Å². The van der Waals surface area contributed by atoms with Gasteiger partial charge in [0.2, 0.25) is 0 Å². The van der Waals surface area contributed by atoms with Crippen LogP contribution < -0.4 is 50.0 Å². The summed E-state index contributed by atoms with van der Waals surface area (Å²) in [6.07, 6.45) is 3.32. The monoisotopic (exact) mass is 1170 g/mol. The lowest BCUT2D eigenvalue weighted by Crippen LogP contribution is -2.45. The van der Waals surface area contributed by atoms with Crippen molar-refractivity contribution in [2.45, 2.75) is 52.4 Å². The number of nitrogens with one attached hydrogen (secondary N) is 2. The number of nitrogens with two attached hydrogens (primary N) is 2. The molecule has 0 amide bonds. The van der Waals surface area contributed by atoms with Crippen LogP contribution in [0.4, 0.5) is 33.1 Å². The maximum Gasteiger partial charge on any atom is 0.510 e. The fourth-order valence-electron chi connectivity index (χ4n) is 9.17. The zero-order valence-corrected chi connectivity index (χ0v) is 48.7. The number of piperazine rings is 1. The average Bonchev–Trinajstić information content (AvgIpc) is 2.68. The summed E-state index contributed by atoms with van der Waals surface area (Å²) >= 11 is 5.87. The molecule has 31 heteroatoms. The number of halogens is 2. The number of aromatic nitrogens is 13. The van der Waals surface area contributed by atoms with Crippen molar-refractivity contribution in [3.05, 3.63) is 148 Å². The third kappa shape index (κ3) is 14.0. The van der Waals surface area contributed by atoms with Gasteiger partial charge in [-0.05, 0) is 62.5 Å². The SMILES string of the molecule is C=C1CN(C)CCN1N.CN1CCn2nc(Nc3cc(-c4ccnc(-n5ncc6cc(C(C)(C)C)cc(F)c6c5=O)c4C=O)nn(C)c3=O)cc2C1.CN1CCn2nc(Nc3cc(Cl)nn(C)c3=O)cc2C1.Cn1nc(B(O)O)cc(N)c1=O. The number of anilines is 5. The van der Waals surface area contributed by atoms with Crippen LogP contribution in [-0.2, 0) is 52.7 Å². The predicted octanol–water partition coefficient (Wildman–Crippen LogP) is 0.659. The highest BCUT2D eigenvalue weighted by atomic mass is 35.5. The molecule has 3 aliphatic heterocycles. The van der Waals surface area contributed by atoms with Crippen molar-refractivity contribution in [1.29, 1.82) is 0 Å². The molecule has 3 aliphatic rings. The molecular weight excluding hydrogens is 1110 g/mol. The lowest BCUT2D eigenvalue weighted by Gasteiger charge is -2.32. The van der Waals surface area contributed by atoms with E-state index in [0.717, 1.165) is 102 Å². The van der Waals surface area contributed by atoms with Crippen LogP contribution >= 0.6 is 11.6 Å². The van der Waals surface area contributed by atoms with Gasteiger partial charge < -0.3 is 31.4 Å². The number of hydrogen-bond acceptors (Lipinski definition) is 22. The second-order valence-corrected chi connectivity index (χ2v) is 21.9. The normalized spacial score (nSPS) is 14.5. The highest BCUT2D eigenvalue weighted by molar-refractivity contribution is 6.57. The van der Waals surface area contributed by atoms with Gasteiger partial charge in [-0.3, -0.25) is 48.0 Å². The zero-order valence-electron chi connectivity index (χ0n) is 47.9. The molecule has 442 valence electrons. The molecule has 8 N–H and O–H groups in total. The molecule has 0 bridgehead atoms. The Kier molecular flexibility index (Phi) is 18.5. The third-order valence-electron chi connectivity index (χ3n) is 13.8. The minimum absolute atomic E-state index is 0.000705. The Morgan fingerprint density at radius 1 is 0.714 bits per heavy atom. The van der Waals surface area contributed by atoms with E-state index in [-0.39, 0.29) is 55.6 Å². The zero-order chi connectivity index (χ0) is 61.1. The largest absolute Gasteiger partial charge is 0.510 e. The Morgan fingerprint density at radius 2 is 1.27 bits per heavy atom. The van der Waals surface area contributed by atoms with Gasteiger partial charge in [-0.15, -0.1) is 0 Å². The van der Waals surface area contributed by atoms with E-state index in [1.807, 2.05) is 49.3 Å². The highest BCUT2D eigenvalue weighted by Crippen LogP contribution is 2.29. The number of aldehydes is 1. The smallest absolute Gasteiger partial charge is 0.422 e. The molecule has 1 saturated heterocycles. The molecule has 84 heavy (non-hydrogen) atoms. The number of hydrogen-bond donors (Lipinski definition) is 6. The number of fused-ring (bicyclic) bond motifs is 3. The molecule has 8 aromatic rings. The molecule has 0 aliphatic carbocycles. The van der Waals surface area contributed by atoms with Gasteiger partial charge in [-0.1, -0.05) is 39.0 Å². The first kappa shape index (κ1) is 61.3. The Balaban J connectivity index is 0.000000182. The van der Waals surface area contributed by atoms with Gasteiger partial charge >= 0.3 is 7.12 Å². The van der Waals surface area contributed by atoms with Crippen LogP contribution in [0.5, 0.6) is 0 Å². The fourth-order valence-corrected chi connectivity index (χ4v) is 9.40. The van der Waals surface area contributed by atoms with Gasteiger partial charge in [0, 0.05) is 108 Å². The number of hydrazine groups is 1. The van der Waals surface area contributed by atoms with Crippen molar-refractivity contribution < 1.29 is 19.2 Å². The van der Waals surface area contributed by atoms with E-state index in [1.54, 1.807) is 24.2 Å². The van der Waals surface area contributed by atoms with Gasteiger partial charge in [-0.25, -0.2) is 29.3 Å². The van der Waals surface area contributed by atoms with Crippen molar-refractivity contribution in [3.8, 4) is 17.1 Å². The summed E-state index contributed by atoms with van der Waals surface area (Å²) in [5.41, 5.74) is 7.98. The summed E-state index contributed by atoms with van der Waals surface area (Å²) < 4.78 is 23.3. The average molecular weight is 1170 g/mol. The Morgan fingerprint density at radius 3 is 1.82 bits per heavy atom. The lowest BCUT2D eigenvalue weighted by molar-refractivity contribution is 0.112. The quantitative estimate of drug-likeness (QED) is 0.0691. The molecule has 10 heterocycles. The third-order valence-corrected chi connectivity index (χ3v) is 14.0. The first-order valence-corrected chi connectivity index (χ1v) is 26.7. The minimum Gasteiger partial charge on any atom is -0.422 e. The molecule has 28 nitrogen and oxygen atoms in total. The van der Waals surface area contributed by atoms with E-state index in [0.29, 0.717) is 34.6 Å². The highest BCUT2D eigenvalue weighted by Gasteiger charge is 2.24. The van der Waals surface area contributed by atoms with Crippen molar-refractivity contribution >= 4 is 70.1 Å². The molecule has 1 fully saturated rings. The topological polar surface area (TPSA) is 335 Å². The number of carbonyl (C=O) groups excluding carboxylic acids is 1. The fraction of sp³-hybridized carbons (Fsp3) is 0.358. The van der Waals surface area contributed by atoms with E-state index < -0.39 is 29.6 Å². The van der Waals surface area contributed by atoms with Crippen molar-refractivity contribution in [3.63, 3.8) is 0 Å². The van der Waals surface area contributed by atoms with Crippen LogP contribution in [0, 0.1) is 5.82 Å². The van der Waals surface area contributed by atoms with Gasteiger partial charge in [0.05, 0.1) is 52.9 Å². The van der Waals surface area contributed by atoms with Gasteiger partial charge in [0.25, 0.3) is 22.2 Å². The van der Waals surface area contributed by atoms with Crippen LogP contribution in [0.15, 0.2) is 92.4 Å². The number of aryl methyl sites for hydroxylation is 3. The number of pyridine rings is 1. The molecular formula is C53H66BClFN21O7. The van der Waals surface area contributed by atoms with E-state index >= 15 is 4.39 Å². The van der Waals surface area contributed by atoms with E-state index in [9.17, 15) is 24.0 Å². The van der Waals surface area contributed by atoms with Gasteiger partial charge in [-0.2, -0.15) is 35.3 Å². The number of carbonyl (C=O) groups is 1. The summed E-state index contributed by atoms with van der Waals surface area (Å²) in [5.74, 6) is 5.93. The Hall–Kier alpha value is -8.78. The summed E-state index contributed by atoms with van der Waals surface area (Å²) in [7, 11) is 8.90. The van der Waals surface area contributed by atoms with Crippen molar-refractivity contribution in [2.75, 3.05) is 70.2 Å². The number of likely N-dealkylation sites (N-methyl/N-ethyl adjacent to an activating group) is 3. The summed E-state index contributed by atoms with van der Waals surface area (Å²) in [5, 5.41) is 50.7. The van der Waals surface area contributed by atoms with Crippen LogP contribution in [0.3, 0.4) is 0 Å². The molecule has 0 atom stereocenters. The molecule has 0 saturated carbocycles. The summed E-state index contributed by atoms with van der Waals surface area (Å²) in [4.78, 5) is 72.8. The maximum atomic E-state index is 15.3. The summed E-state index contributed by atoms with van der Waals surface area (Å²) in [6.45, 7) is 17.5. The first-order chi connectivity index (χ1) is 39.7. The standard InChI is InChI=1S/C30H30FN9O3.C12H15ClN6O.C6H13N3.C5H8BN3O3/c1-30(2,3)18-10-17-14-33-40(29(43)26(17)22(31)11-18)27-21(16-41)20(6-7-32-27)23-13-24(28(42)38(5)35-23)34-25-12-19-15-37(4)8-9-39(19)36-25;1-17-3-4-19-8(7-17)5-11(16-19)14-9-6-10(13)15-18(2)12(9)20;1-6-5-8(2)3-4-9(6)7;1-9-5(10)3(7)2-4(8-9)6(11)12/h6-7,10-14,16H,8-9,15H2,1-5H3,(H,34,36);5-6H,3-4,7H2,1-2H3,(H,14,16);1,3-5,7H2,2H3;2,11-12H,7H2,1H3. The Bertz CT molecular complexity index is 4010. The number of nitrogens with zero attached hydrogens (tertiary/aromatic N) is 17. The van der Waals surface area contributed by atoms with Crippen LogP contribution in [0.25, 0.3) is 27.8 Å². The van der Waals surface area contributed by atoms with Gasteiger partial charge in [0.1, 0.15) is 22.9 Å². The minimum atomic E-state index is -1.71.